The van der Waals surface area contributed by atoms with Crippen molar-refractivity contribution >= 4 is 11.9 Å². The third kappa shape index (κ3) is 2.95. The van der Waals surface area contributed by atoms with E-state index in [9.17, 15) is 4.79 Å². The molecule has 0 amide bonds. The molecule has 1 fully saturated rings. The quantitative estimate of drug-likeness (QED) is 0.809. The van der Waals surface area contributed by atoms with E-state index < -0.39 is 0 Å². The molecule has 1 aliphatic heterocycles. The van der Waals surface area contributed by atoms with Crippen molar-refractivity contribution in [2.75, 3.05) is 25.1 Å². The van der Waals surface area contributed by atoms with Gasteiger partial charge in [-0.2, -0.15) is 0 Å². The van der Waals surface area contributed by atoms with Crippen LogP contribution in [0.2, 0.25) is 0 Å². The first-order chi connectivity index (χ1) is 8.70. The first-order valence-corrected chi connectivity index (χ1v) is 6.05. The Kier molecular flexibility index (Phi) is 4.09. The summed E-state index contributed by atoms with van der Waals surface area (Å²) in [5, 5.41) is 3.18. The van der Waals surface area contributed by atoms with Gasteiger partial charge in [-0.05, 0) is 20.3 Å². The lowest BCUT2D eigenvalue weighted by atomic mass is 10.2. The molecule has 1 N–H and O–H groups in total. The van der Waals surface area contributed by atoms with Crippen LogP contribution in [0.3, 0.4) is 0 Å². The van der Waals surface area contributed by atoms with Gasteiger partial charge in [0.1, 0.15) is 0 Å². The van der Waals surface area contributed by atoms with E-state index in [0.717, 1.165) is 13.0 Å². The molecule has 6 nitrogen and oxygen atoms in total. The smallest absolute Gasteiger partial charge is 0.341 e. The summed E-state index contributed by atoms with van der Waals surface area (Å²) < 4.78 is 10.2. The largest absolute Gasteiger partial charge is 0.462 e. The van der Waals surface area contributed by atoms with Gasteiger partial charge in [-0.15, -0.1) is 0 Å². The molecule has 0 saturated carbocycles. The fraction of sp³-hybridized carbons (Fsp3) is 0.583. The van der Waals surface area contributed by atoms with E-state index in [4.69, 9.17) is 9.47 Å². The Morgan fingerprint density at radius 3 is 3.11 bits per heavy atom. The highest BCUT2D eigenvalue weighted by molar-refractivity contribution is 5.90. The van der Waals surface area contributed by atoms with Crippen molar-refractivity contribution in [3.63, 3.8) is 0 Å². The lowest BCUT2D eigenvalue weighted by Gasteiger charge is -2.11. The summed E-state index contributed by atoms with van der Waals surface area (Å²) in [7, 11) is 0. The predicted molar refractivity (Wildman–Crippen MR) is 65.6 cm³/mol. The Morgan fingerprint density at radius 1 is 1.67 bits per heavy atom. The number of nitrogens with one attached hydrogen (secondary N) is 1. The Bertz CT molecular complexity index is 431. The van der Waals surface area contributed by atoms with Crippen LogP contribution in [0.15, 0.2) is 6.20 Å². The molecule has 1 atom stereocenters. The fourth-order valence-corrected chi connectivity index (χ4v) is 1.78. The maximum atomic E-state index is 11.6. The highest BCUT2D eigenvalue weighted by Gasteiger charge is 2.18. The zero-order valence-corrected chi connectivity index (χ0v) is 10.6. The summed E-state index contributed by atoms with van der Waals surface area (Å²) in [6.07, 6.45) is 2.44. The lowest BCUT2D eigenvalue weighted by Crippen LogP contribution is -2.21. The second-order valence-electron chi connectivity index (χ2n) is 4.12. The van der Waals surface area contributed by atoms with Crippen LogP contribution in [0.25, 0.3) is 0 Å². The molecular formula is C12H17N3O3. The molecule has 6 heteroatoms. The van der Waals surface area contributed by atoms with Gasteiger partial charge < -0.3 is 14.8 Å². The minimum atomic E-state index is -0.384. The summed E-state index contributed by atoms with van der Waals surface area (Å²) in [5.41, 5.74) is 1.02. The average Bonchev–Trinajstić information content (AvgIpc) is 2.82. The van der Waals surface area contributed by atoms with E-state index in [1.807, 2.05) is 0 Å². The van der Waals surface area contributed by atoms with Crippen molar-refractivity contribution in [1.82, 2.24) is 9.97 Å². The van der Waals surface area contributed by atoms with Crippen LogP contribution < -0.4 is 5.32 Å². The van der Waals surface area contributed by atoms with Crippen molar-refractivity contribution in [1.29, 1.82) is 0 Å². The summed E-state index contributed by atoms with van der Waals surface area (Å²) in [6.45, 7) is 5.31. The molecule has 1 saturated heterocycles. The monoisotopic (exact) mass is 251 g/mol. The number of aromatic nitrogens is 2. The van der Waals surface area contributed by atoms with Gasteiger partial charge in [0.25, 0.3) is 0 Å². The van der Waals surface area contributed by atoms with Crippen molar-refractivity contribution in [2.45, 2.75) is 26.3 Å². The fourth-order valence-electron chi connectivity index (χ4n) is 1.78. The molecule has 1 unspecified atom stereocenters. The summed E-state index contributed by atoms with van der Waals surface area (Å²) in [5.74, 6) is 0.141. The molecule has 1 aromatic rings. The van der Waals surface area contributed by atoms with Crippen molar-refractivity contribution in [3.05, 3.63) is 17.5 Å². The van der Waals surface area contributed by atoms with Crippen molar-refractivity contribution in [3.8, 4) is 0 Å². The van der Waals surface area contributed by atoms with E-state index >= 15 is 0 Å². The number of nitrogens with zero attached hydrogens (tertiary/aromatic N) is 2. The number of rotatable bonds is 4. The maximum Gasteiger partial charge on any atom is 0.341 e. The van der Waals surface area contributed by atoms with Crippen LogP contribution in [0.4, 0.5) is 5.95 Å². The molecule has 2 heterocycles. The predicted octanol–water partition coefficient (Wildman–Crippen LogP) is 1.16. The number of esters is 1. The number of carbonyl (C=O) groups excluding carboxylic acids is 1. The minimum Gasteiger partial charge on any atom is -0.462 e. The van der Waals surface area contributed by atoms with Crippen LogP contribution in [-0.4, -0.2) is 41.8 Å². The zero-order valence-electron chi connectivity index (χ0n) is 10.6. The third-order valence-corrected chi connectivity index (χ3v) is 2.74. The summed E-state index contributed by atoms with van der Waals surface area (Å²) in [4.78, 5) is 20.0. The number of ether oxygens (including phenoxy) is 2. The van der Waals surface area contributed by atoms with Gasteiger partial charge in [0.05, 0.1) is 30.5 Å². The molecule has 0 spiro atoms. The average molecular weight is 251 g/mol. The van der Waals surface area contributed by atoms with Gasteiger partial charge in [0, 0.05) is 12.8 Å². The zero-order chi connectivity index (χ0) is 13.0. The number of carbonyl (C=O) groups is 1. The van der Waals surface area contributed by atoms with Gasteiger partial charge in [-0.1, -0.05) is 0 Å². The number of aryl methyl sites for hydroxylation is 1. The number of hydrogen-bond donors (Lipinski definition) is 1. The molecule has 1 aromatic heterocycles. The maximum absolute atomic E-state index is 11.6. The van der Waals surface area contributed by atoms with E-state index in [1.165, 1.54) is 6.20 Å². The Morgan fingerprint density at radius 2 is 2.50 bits per heavy atom. The van der Waals surface area contributed by atoms with Crippen molar-refractivity contribution in [2.24, 2.45) is 0 Å². The van der Waals surface area contributed by atoms with E-state index in [0.29, 0.717) is 30.4 Å². The Balaban J connectivity index is 2.06. The summed E-state index contributed by atoms with van der Waals surface area (Å²) >= 11 is 0. The van der Waals surface area contributed by atoms with Gasteiger partial charge in [-0.25, -0.2) is 14.8 Å². The topological polar surface area (TPSA) is 73.3 Å². The molecule has 1 aliphatic rings. The van der Waals surface area contributed by atoms with E-state index in [2.05, 4.69) is 15.3 Å². The third-order valence-electron chi connectivity index (χ3n) is 2.74. The minimum absolute atomic E-state index is 0.248. The Labute approximate surface area is 106 Å². The molecule has 0 bridgehead atoms. The highest BCUT2D eigenvalue weighted by Crippen LogP contribution is 2.12. The van der Waals surface area contributed by atoms with Gasteiger partial charge >= 0.3 is 5.97 Å². The SMILES string of the molecule is CCOC(=O)c1cnc(NC2CCOC2)nc1C. The molecular weight excluding hydrogens is 234 g/mol. The first kappa shape index (κ1) is 12.8. The molecule has 0 radical (unpaired) electrons. The number of anilines is 1. The lowest BCUT2D eigenvalue weighted by molar-refractivity contribution is 0.0524. The number of hydrogen-bond acceptors (Lipinski definition) is 6. The highest BCUT2D eigenvalue weighted by atomic mass is 16.5. The molecule has 0 aliphatic carbocycles. The Hall–Kier alpha value is -1.69. The standard InChI is InChI=1S/C12H17N3O3/c1-3-18-11(16)10-6-13-12(14-8(10)2)15-9-4-5-17-7-9/h6,9H,3-5,7H2,1-2H3,(H,13,14,15). The van der Waals surface area contributed by atoms with Gasteiger partial charge in [0.2, 0.25) is 5.95 Å². The second kappa shape index (κ2) is 5.77. The van der Waals surface area contributed by atoms with Gasteiger partial charge in [0.15, 0.2) is 0 Å². The van der Waals surface area contributed by atoms with Crippen LogP contribution in [-0.2, 0) is 9.47 Å². The van der Waals surface area contributed by atoms with Crippen LogP contribution in [0.1, 0.15) is 29.4 Å². The van der Waals surface area contributed by atoms with Gasteiger partial charge in [-0.3, -0.25) is 0 Å². The first-order valence-electron chi connectivity index (χ1n) is 6.05. The molecule has 18 heavy (non-hydrogen) atoms. The van der Waals surface area contributed by atoms with E-state index in [-0.39, 0.29) is 12.0 Å². The molecule has 98 valence electrons. The molecule has 2 rings (SSSR count). The summed E-state index contributed by atoms with van der Waals surface area (Å²) in [6, 6.07) is 0.248. The van der Waals surface area contributed by atoms with Crippen LogP contribution in [0.5, 0.6) is 0 Å². The van der Waals surface area contributed by atoms with E-state index in [1.54, 1.807) is 13.8 Å². The van der Waals surface area contributed by atoms with Crippen molar-refractivity contribution < 1.29 is 14.3 Å². The second-order valence-corrected chi connectivity index (χ2v) is 4.12. The van der Waals surface area contributed by atoms with Crippen LogP contribution >= 0.6 is 0 Å². The van der Waals surface area contributed by atoms with Crippen LogP contribution in [0, 0.1) is 6.92 Å². The molecule has 0 aromatic carbocycles. The normalized spacial score (nSPS) is 18.7.